The summed E-state index contributed by atoms with van der Waals surface area (Å²) in [6.45, 7) is 4.20. The van der Waals surface area contributed by atoms with E-state index in [0.717, 1.165) is 0 Å². The number of ether oxygens (including phenoxy) is 1. The van der Waals surface area contributed by atoms with Crippen LogP contribution >= 0.6 is 0 Å². The molecule has 0 aliphatic rings. The van der Waals surface area contributed by atoms with Gasteiger partial charge in [0.25, 0.3) is 0 Å². The Kier molecular flexibility index (Phi) is 5.47. The van der Waals surface area contributed by atoms with E-state index in [1.165, 1.54) is 0 Å². The Balaban J connectivity index is 2.37. The van der Waals surface area contributed by atoms with Crippen molar-refractivity contribution in [3.8, 4) is 5.75 Å². The van der Waals surface area contributed by atoms with E-state index >= 15 is 0 Å². The summed E-state index contributed by atoms with van der Waals surface area (Å²) >= 11 is 0. The van der Waals surface area contributed by atoms with Gasteiger partial charge in [0.15, 0.2) is 9.84 Å². The van der Waals surface area contributed by atoms with Crippen LogP contribution in [0.1, 0.15) is 20.3 Å². The highest BCUT2D eigenvalue weighted by Crippen LogP contribution is 2.14. The maximum absolute atomic E-state index is 11.7. The van der Waals surface area contributed by atoms with Crippen molar-refractivity contribution >= 4 is 15.5 Å². The first-order valence-corrected chi connectivity index (χ1v) is 7.90. The molecule has 0 aliphatic heterocycles. The average Bonchev–Trinajstić information content (AvgIpc) is 2.26. The molecule has 1 aromatic carbocycles. The van der Waals surface area contributed by atoms with Crippen LogP contribution in [0.4, 0.5) is 5.69 Å². The Morgan fingerprint density at radius 2 is 2.00 bits per heavy atom. The zero-order chi connectivity index (χ0) is 13.6. The third-order valence-electron chi connectivity index (χ3n) is 2.53. The molecule has 0 saturated carbocycles. The number of benzene rings is 1. The van der Waals surface area contributed by atoms with E-state index in [1.807, 2.05) is 13.8 Å². The summed E-state index contributed by atoms with van der Waals surface area (Å²) in [5, 5.41) is 0. The number of sulfone groups is 1. The van der Waals surface area contributed by atoms with Crippen molar-refractivity contribution in [1.82, 2.24) is 0 Å². The Morgan fingerprint density at radius 3 is 2.61 bits per heavy atom. The van der Waals surface area contributed by atoms with Gasteiger partial charge in [-0.2, -0.15) is 0 Å². The van der Waals surface area contributed by atoms with Gasteiger partial charge >= 0.3 is 0 Å². The summed E-state index contributed by atoms with van der Waals surface area (Å²) in [5.74, 6) is 1.28. The Bertz CT molecular complexity index is 469. The first-order valence-electron chi connectivity index (χ1n) is 6.08. The number of anilines is 1. The quantitative estimate of drug-likeness (QED) is 0.771. The standard InChI is InChI=1S/C13H21NO3S/c1-11(2)6-8-18(15,16)9-7-17-13-5-3-4-12(14)10-13/h3-5,10-11H,6-9,14H2,1-2H3. The molecule has 0 bridgehead atoms. The van der Waals surface area contributed by atoms with E-state index in [-0.39, 0.29) is 18.1 Å². The summed E-state index contributed by atoms with van der Waals surface area (Å²) in [6.07, 6.45) is 0.695. The second-order valence-corrected chi connectivity index (χ2v) is 7.06. The van der Waals surface area contributed by atoms with Gasteiger partial charge in [0.2, 0.25) is 0 Å². The second-order valence-electron chi connectivity index (χ2n) is 4.76. The van der Waals surface area contributed by atoms with Crippen LogP contribution in [0.2, 0.25) is 0 Å². The van der Waals surface area contributed by atoms with Gasteiger partial charge in [-0.1, -0.05) is 19.9 Å². The van der Waals surface area contributed by atoms with E-state index in [9.17, 15) is 8.42 Å². The molecule has 1 aromatic rings. The maximum Gasteiger partial charge on any atom is 0.153 e. The fourth-order valence-corrected chi connectivity index (χ4v) is 2.78. The zero-order valence-corrected chi connectivity index (χ0v) is 11.7. The minimum Gasteiger partial charge on any atom is -0.492 e. The lowest BCUT2D eigenvalue weighted by Gasteiger charge is -2.08. The Morgan fingerprint density at radius 1 is 1.28 bits per heavy atom. The van der Waals surface area contributed by atoms with Gasteiger partial charge in [-0.25, -0.2) is 8.42 Å². The summed E-state index contributed by atoms with van der Waals surface area (Å²) < 4.78 is 28.7. The minimum absolute atomic E-state index is 0.0501. The van der Waals surface area contributed by atoms with E-state index in [1.54, 1.807) is 24.3 Å². The van der Waals surface area contributed by atoms with Gasteiger partial charge in [0.1, 0.15) is 12.4 Å². The summed E-state index contributed by atoms with van der Waals surface area (Å²) in [7, 11) is -3.01. The van der Waals surface area contributed by atoms with Crippen molar-refractivity contribution in [1.29, 1.82) is 0 Å². The molecule has 0 heterocycles. The molecule has 0 fully saturated rings. The molecule has 5 heteroatoms. The molecule has 0 atom stereocenters. The van der Waals surface area contributed by atoms with Gasteiger partial charge in [-0.3, -0.25) is 0 Å². The van der Waals surface area contributed by atoms with Crippen molar-refractivity contribution in [2.45, 2.75) is 20.3 Å². The van der Waals surface area contributed by atoms with Gasteiger partial charge in [-0.05, 0) is 24.5 Å². The molecule has 18 heavy (non-hydrogen) atoms. The Hall–Kier alpha value is -1.23. The molecule has 0 aromatic heterocycles. The summed E-state index contributed by atoms with van der Waals surface area (Å²) in [4.78, 5) is 0. The lowest BCUT2D eigenvalue weighted by Crippen LogP contribution is -2.18. The number of hydrogen-bond acceptors (Lipinski definition) is 4. The number of nitrogens with two attached hydrogens (primary N) is 1. The van der Waals surface area contributed by atoms with Crippen molar-refractivity contribution in [3.05, 3.63) is 24.3 Å². The molecule has 102 valence electrons. The van der Waals surface area contributed by atoms with E-state index in [4.69, 9.17) is 10.5 Å². The highest BCUT2D eigenvalue weighted by Gasteiger charge is 2.11. The van der Waals surface area contributed by atoms with Crippen molar-refractivity contribution in [2.75, 3.05) is 23.8 Å². The molecule has 0 unspecified atom stereocenters. The molecular formula is C13H21NO3S. The predicted molar refractivity (Wildman–Crippen MR) is 74.5 cm³/mol. The van der Waals surface area contributed by atoms with Crippen LogP contribution in [0.15, 0.2) is 24.3 Å². The highest BCUT2D eigenvalue weighted by molar-refractivity contribution is 7.91. The summed E-state index contributed by atoms with van der Waals surface area (Å²) in [5.41, 5.74) is 6.21. The number of nitrogen functional groups attached to an aromatic ring is 1. The lowest BCUT2D eigenvalue weighted by molar-refractivity contribution is 0.341. The normalized spacial score (nSPS) is 11.7. The number of rotatable bonds is 7. The van der Waals surface area contributed by atoms with E-state index in [2.05, 4.69) is 0 Å². The monoisotopic (exact) mass is 271 g/mol. The van der Waals surface area contributed by atoms with E-state index < -0.39 is 9.84 Å². The van der Waals surface area contributed by atoms with Crippen LogP contribution < -0.4 is 10.5 Å². The fraction of sp³-hybridized carbons (Fsp3) is 0.538. The SMILES string of the molecule is CC(C)CCS(=O)(=O)CCOc1cccc(N)c1. The van der Waals surface area contributed by atoms with Crippen molar-refractivity contribution < 1.29 is 13.2 Å². The molecule has 4 nitrogen and oxygen atoms in total. The largest absolute Gasteiger partial charge is 0.492 e. The zero-order valence-electron chi connectivity index (χ0n) is 10.9. The first kappa shape index (κ1) is 14.8. The second kappa shape index (κ2) is 6.64. The summed E-state index contributed by atoms with van der Waals surface area (Å²) in [6, 6.07) is 6.97. The van der Waals surface area contributed by atoms with Crippen LogP contribution in [-0.4, -0.2) is 26.5 Å². The molecule has 1 rings (SSSR count). The predicted octanol–water partition coefficient (Wildman–Crippen LogP) is 2.11. The molecule has 0 radical (unpaired) electrons. The Labute approximate surface area is 109 Å². The minimum atomic E-state index is -3.01. The molecule has 0 spiro atoms. The fourth-order valence-electron chi connectivity index (χ4n) is 1.41. The molecular weight excluding hydrogens is 250 g/mol. The third-order valence-corrected chi connectivity index (χ3v) is 4.17. The van der Waals surface area contributed by atoms with Gasteiger partial charge in [-0.15, -0.1) is 0 Å². The first-order chi connectivity index (χ1) is 8.39. The van der Waals surface area contributed by atoms with Gasteiger partial charge in [0, 0.05) is 11.8 Å². The van der Waals surface area contributed by atoms with Crippen LogP contribution in [0.3, 0.4) is 0 Å². The highest BCUT2D eigenvalue weighted by atomic mass is 32.2. The molecule has 0 amide bonds. The topological polar surface area (TPSA) is 69.4 Å². The number of hydrogen-bond donors (Lipinski definition) is 1. The maximum atomic E-state index is 11.7. The van der Waals surface area contributed by atoms with Crippen molar-refractivity contribution in [2.24, 2.45) is 5.92 Å². The van der Waals surface area contributed by atoms with Crippen molar-refractivity contribution in [3.63, 3.8) is 0 Å². The molecule has 2 N–H and O–H groups in total. The molecule has 0 aliphatic carbocycles. The van der Waals surface area contributed by atoms with Crippen LogP contribution in [0.25, 0.3) is 0 Å². The molecule has 0 saturated heterocycles. The third kappa shape index (κ3) is 5.91. The average molecular weight is 271 g/mol. The lowest BCUT2D eigenvalue weighted by atomic mass is 10.2. The van der Waals surface area contributed by atoms with Crippen LogP contribution in [0.5, 0.6) is 5.75 Å². The van der Waals surface area contributed by atoms with Gasteiger partial charge < -0.3 is 10.5 Å². The van der Waals surface area contributed by atoms with Crippen LogP contribution in [0, 0.1) is 5.92 Å². The van der Waals surface area contributed by atoms with Gasteiger partial charge in [0.05, 0.1) is 11.5 Å². The smallest absolute Gasteiger partial charge is 0.153 e. The van der Waals surface area contributed by atoms with E-state index in [0.29, 0.717) is 23.8 Å². The van der Waals surface area contributed by atoms with Crippen LogP contribution in [-0.2, 0) is 9.84 Å².